The van der Waals surface area contributed by atoms with E-state index in [0.29, 0.717) is 47.3 Å². The van der Waals surface area contributed by atoms with Gasteiger partial charge in [0.15, 0.2) is 0 Å². The minimum atomic E-state index is -0.893. The number of aromatic nitrogens is 1. The molecule has 0 saturated carbocycles. The van der Waals surface area contributed by atoms with Crippen LogP contribution in [-0.2, 0) is 16.0 Å². The molecule has 0 radical (unpaired) electrons. The van der Waals surface area contributed by atoms with E-state index in [1.165, 1.54) is 11.3 Å². The van der Waals surface area contributed by atoms with Crippen LogP contribution in [0.5, 0.6) is 5.75 Å². The highest BCUT2D eigenvalue weighted by atomic mass is 35.5. The quantitative estimate of drug-likeness (QED) is 0.331. The Bertz CT molecular complexity index is 797. The van der Waals surface area contributed by atoms with Crippen molar-refractivity contribution in [2.24, 2.45) is 17.1 Å². The van der Waals surface area contributed by atoms with Crippen molar-refractivity contribution < 1.29 is 19.4 Å². The van der Waals surface area contributed by atoms with E-state index < -0.39 is 5.97 Å². The predicted octanol–water partition coefficient (Wildman–Crippen LogP) is 5.00. The van der Waals surface area contributed by atoms with Gasteiger partial charge >= 0.3 is 5.97 Å². The second-order valence-corrected chi connectivity index (χ2v) is 9.43. The van der Waals surface area contributed by atoms with E-state index in [-0.39, 0.29) is 11.8 Å². The molecule has 3 N–H and O–H groups in total. The highest BCUT2D eigenvalue weighted by Gasteiger charge is 2.14. The zero-order valence-electron chi connectivity index (χ0n) is 17.9. The van der Waals surface area contributed by atoms with Gasteiger partial charge in [0.1, 0.15) is 10.8 Å². The third-order valence-electron chi connectivity index (χ3n) is 3.78. The van der Waals surface area contributed by atoms with Crippen molar-refractivity contribution in [3.8, 4) is 16.3 Å². The Labute approximate surface area is 193 Å². The minimum Gasteiger partial charge on any atom is -0.493 e. The number of rotatable bonds is 10. The Kier molecular flexibility index (Phi) is 11.7. The molecule has 2 aromatic rings. The molecule has 1 aromatic heterocycles. The lowest BCUT2D eigenvalue weighted by Crippen LogP contribution is -2.28. The zero-order valence-corrected chi connectivity index (χ0v) is 20.3. The average Bonchev–Trinajstić information content (AvgIpc) is 3.12. The molecule has 0 atom stereocenters. The summed E-state index contributed by atoms with van der Waals surface area (Å²) in [5.41, 5.74) is 6.87. The number of nitrogens with zero attached hydrogens (tertiary/aromatic N) is 1. The molecular formula is C21H31ClN2O4S2. The summed E-state index contributed by atoms with van der Waals surface area (Å²) in [5, 5.41) is 11.8. The zero-order chi connectivity index (χ0) is 22.7. The molecule has 0 spiro atoms. The molecule has 30 heavy (non-hydrogen) atoms. The molecule has 0 saturated heterocycles. The number of hydrogen-bond donors (Lipinski definition) is 3. The Hall–Kier alpha value is -1.32. The van der Waals surface area contributed by atoms with E-state index in [2.05, 4.69) is 45.3 Å². The number of carbonyl (C=O) groups is 1. The van der Waals surface area contributed by atoms with Gasteiger partial charge in [-0.3, -0.25) is 4.79 Å². The van der Waals surface area contributed by atoms with Crippen LogP contribution in [0.2, 0.25) is 5.02 Å². The number of aliphatic carboxylic acids is 1. The molecule has 0 bridgehead atoms. The van der Waals surface area contributed by atoms with Crippen molar-refractivity contribution >= 4 is 41.5 Å². The number of nitrogens with two attached hydrogens (primary N) is 1. The maximum atomic E-state index is 10.7. The molecule has 6 nitrogen and oxygen atoms in total. The second-order valence-electron chi connectivity index (χ2n) is 7.91. The van der Waals surface area contributed by atoms with Gasteiger partial charge in [0.2, 0.25) is 0 Å². The topological polar surface area (TPSA) is 94.7 Å². The molecule has 0 aliphatic heterocycles. The highest BCUT2D eigenvalue weighted by Crippen LogP contribution is 2.33. The number of ether oxygens (including phenoxy) is 2. The first kappa shape index (κ1) is 26.7. The van der Waals surface area contributed by atoms with Crippen molar-refractivity contribution in [2.75, 3.05) is 25.7 Å². The largest absolute Gasteiger partial charge is 0.493 e. The normalized spacial score (nSPS) is 11.2. The van der Waals surface area contributed by atoms with Crippen LogP contribution in [0.3, 0.4) is 0 Å². The van der Waals surface area contributed by atoms with Crippen LogP contribution >= 0.6 is 35.6 Å². The molecule has 0 fully saturated rings. The molecule has 168 valence electrons. The van der Waals surface area contributed by atoms with Crippen LogP contribution in [0.1, 0.15) is 33.4 Å². The lowest BCUT2D eigenvalue weighted by Gasteiger charge is -2.20. The molecule has 0 aliphatic rings. The van der Waals surface area contributed by atoms with Crippen LogP contribution < -0.4 is 10.5 Å². The highest BCUT2D eigenvalue weighted by molar-refractivity contribution is 7.80. The summed E-state index contributed by atoms with van der Waals surface area (Å²) in [6.07, 6.45) is -0.0797. The smallest absolute Gasteiger partial charge is 0.309 e. The number of thiol groups is 1. The molecule has 1 heterocycles. The maximum Gasteiger partial charge on any atom is 0.309 e. The van der Waals surface area contributed by atoms with Crippen molar-refractivity contribution in [3.05, 3.63) is 34.3 Å². The monoisotopic (exact) mass is 474 g/mol. The minimum absolute atomic E-state index is 0.0797. The Morgan fingerprint density at radius 3 is 2.63 bits per heavy atom. The average molecular weight is 475 g/mol. The molecule has 0 aliphatic carbocycles. The summed E-state index contributed by atoms with van der Waals surface area (Å²) >= 11 is 11.6. The van der Waals surface area contributed by atoms with Gasteiger partial charge in [-0.15, -0.1) is 11.3 Å². The third kappa shape index (κ3) is 10.1. The third-order valence-corrected chi connectivity index (χ3v) is 5.19. The van der Waals surface area contributed by atoms with Crippen LogP contribution in [0.25, 0.3) is 10.6 Å². The maximum absolute atomic E-state index is 10.7. The second kappa shape index (κ2) is 13.2. The summed E-state index contributed by atoms with van der Waals surface area (Å²) < 4.78 is 10.7. The van der Waals surface area contributed by atoms with Crippen molar-refractivity contribution in [2.45, 2.75) is 34.1 Å². The molecular weight excluding hydrogens is 444 g/mol. The number of carboxylic acids is 1. The lowest BCUT2D eigenvalue weighted by molar-refractivity contribution is -0.136. The van der Waals surface area contributed by atoms with Crippen molar-refractivity contribution in [3.63, 3.8) is 0 Å². The molecule has 0 unspecified atom stereocenters. The first-order chi connectivity index (χ1) is 14.1. The van der Waals surface area contributed by atoms with E-state index in [4.69, 9.17) is 31.9 Å². The van der Waals surface area contributed by atoms with Gasteiger partial charge in [0, 0.05) is 16.4 Å². The van der Waals surface area contributed by atoms with Gasteiger partial charge in [0.05, 0.1) is 36.3 Å². The van der Waals surface area contributed by atoms with Gasteiger partial charge in [-0.1, -0.05) is 39.3 Å². The van der Waals surface area contributed by atoms with Crippen LogP contribution in [0.15, 0.2) is 23.6 Å². The summed E-state index contributed by atoms with van der Waals surface area (Å²) in [6, 6.07) is 5.46. The van der Waals surface area contributed by atoms with Gasteiger partial charge in [-0.25, -0.2) is 4.98 Å². The van der Waals surface area contributed by atoms with E-state index in [9.17, 15) is 4.79 Å². The van der Waals surface area contributed by atoms with Gasteiger partial charge in [-0.2, -0.15) is 12.6 Å². The van der Waals surface area contributed by atoms with Gasteiger partial charge < -0.3 is 20.3 Å². The van der Waals surface area contributed by atoms with Crippen LogP contribution in [0.4, 0.5) is 0 Å². The standard InChI is InChI=1S/C15H16ClNO3S.C6H15NOS/c1-9(2)7-20-11-3-4-12(13(16)6-11)15-17-10(8-21-15)5-14(18)19;1-6(2,3-7)4-8-5-9/h3-4,6,8-9H,5,7H2,1-2H3,(H,18,19);9H,3-5,7H2,1-2H3. The fourth-order valence-corrected chi connectivity index (χ4v) is 3.34. The number of benzene rings is 1. The van der Waals surface area contributed by atoms with Crippen molar-refractivity contribution in [1.29, 1.82) is 0 Å². The van der Waals surface area contributed by atoms with Crippen LogP contribution in [-0.4, -0.2) is 41.8 Å². The summed E-state index contributed by atoms with van der Waals surface area (Å²) in [5.74, 6) is 0.750. The SMILES string of the molecule is CC(C)(CN)COCS.CC(C)COc1ccc(-c2nc(CC(=O)O)cs2)c(Cl)c1. The van der Waals surface area contributed by atoms with Crippen LogP contribution in [0, 0.1) is 11.3 Å². The van der Waals surface area contributed by atoms with Gasteiger partial charge in [-0.05, 0) is 30.7 Å². The molecule has 1 aromatic carbocycles. The summed E-state index contributed by atoms with van der Waals surface area (Å²) in [4.78, 5) is 15.0. The Morgan fingerprint density at radius 1 is 1.40 bits per heavy atom. The summed E-state index contributed by atoms with van der Waals surface area (Å²) in [6.45, 7) is 10.3. The molecule has 2 rings (SSSR count). The molecule has 0 amide bonds. The first-order valence-electron chi connectivity index (χ1n) is 9.55. The lowest BCUT2D eigenvalue weighted by atomic mass is 9.96. The fourth-order valence-electron chi connectivity index (χ4n) is 2.07. The predicted molar refractivity (Wildman–Crippen MR) is 127 cm³/mol. The number of hydrogen-bond acceptors (Lipinski definition) is 7. The Balaban J connectivity index is 0.000000424. The fraction of sp³-hybridized carbons (Fsp3) is 0.524. The number of halogens is 1. The summed E-state index contributed by atoms with van der Waals surface area (Å²) in [7, 11) is 0. The van der Waals surface area contributed by atoms with E-state index in [0.717, 1.165) is 11.3 Å². The van der Waals surface area contributed by atoms with E-state index in [1.54, 1.807) is 11.4 Å². The number of carboxylic acid groups (broad SMARTS) is 1. The first-order valence-corrected chi connectivity index (χ1v) is 11.4. The van der Waals surface area contributed by atoms with E-state index in [1.807, 2.05) is 12.1 Å². The number of thiazole rings is 1. The van der Waals surface area contributed by atoms with E-state index >= 15 is 0 Å². The molecule has 9 heteroatoms. The van der Waals surface area contributed by atoms with Crippen molar-refractivity contribution in [1.82, 2.24) is 4.98 Å². The van der Waals surface area contributed by atoms with Gasteiger partial charge in [0.25, 0.3) is 0 Å². The Morgan fingerprint density at radius 2 is 2.10 bits per heavy atom.